The van der Waals surface area contributed by atoms with Crippen LogP contribution >= 0.6 is 0 Å². The van der Waals surface area contributed by atoms with Gasteiger partial charge in [-0.25, -0.2) is 15.0 Å². The fourth-order valence-corrected chi connectivity index (χ4v) is 8.74. The van der Waals surface area contributed by atoms with Crippen LogP contribution in [0.1, 0.15) is 0 Å². The first-order valence-electron chi connectivity index (χ1n) is 19.5. The first-order valence-corrected chi connectivity index (χ1v) is 19.5. The van der Waals surface area contributed by atoms with Crippen molar-refractivity contribution < 1.29 is 4.42 Å². The Morgan fingerprint density at radius 2 is 0.966 bits per heavy atom. The molecule has 0 aliphatic heterocycles. The highest BCUT2D eigenvalue weighted by molar-refractivity contribution is 6.25. The summed E-state index contributed by atoms with van der Waals surface area (Å²) in [4.78, 5) is 15.5. The van der Waals surface area contributed by atoms with Crippen molar-refractivity contribution >= 4 is 65.4 Å². The molecular formula is C53H32N4O. The number of rotatable bonds is 5. The molecule has 270 valence electrons. The van der Waals surface area contributed by atoms with Crippen molar-refractivity contribution in [3.05, 3.63) is 194 Å². The minimum absolute atomic E-state index is 0.677. The van der Waals surface area contributed by atoms with Crippen LogP contribution in [0.5, 0.6) is 0 Å². The normalized spacial score (nSPS) is 11.8. The lowest BCUT2D eigenvalue weighted by molar-refractivity contribution is 0.674. The highest BCUT2D eigenvalue weighted by Gasteiger charge is 2.20. The van der Waals surface area contributed by atoms with Gasteiger partial charge in [0.05, 0.1) is 27.9 Å². The zero-order valence-corrected chi connectivity index (χ0v) is 31.2. The number of benzene rings is 8. The lowest BCUT2D eigenvalue weighted by Gasteiger charge is -2.12. The molecule has 8 aromatic carbocycles. The molecule has 0 aliphatic rings. The van der Waals surface area contributed by atoms with E-state index in [4.69, 9.17) is 19.4 Å². The Bertz CT molecular complexity index is 3500. The summed E-state index contributed by atoms with van der Waals surface area (Å²) in [6, 6.07) is 67.6. The molecule has 58 heavy (non-hydrogen) atoms. The first-order chi connectivity index (χ1) is 28.8. The largest absolute Gasteiger partial charge is 0.455 e. The lowest BCUT2D eigenvalue weighted by atomic mass is 9.97. The fraction of sp³-hybridized carbons (Fsp3) is 0. The van der Waals surface area contributed by atoms with Gasteiger partial charge in [0, 0.05) is 66.0 Å². The van der Waals surface area contributed by atoms with Crippen LogP contribution in [0, 0.1) is 0 Å². The molecule has 0 atom stereocenters. The molecule has 5 nitrogen and oxygen atoms in total. The summed E-state index contributed by atoms with van der Waals surface area (Å²) in [6.07, 6.45) is 0. The average molecular weight is 741 g/mol. The van der Waals surface area contributed by atoms with E-state index in [1.54, 1.807) is 0 Å². The van der Waals surface area contributed by atoms with Crippen molar-refractivity contribution in [1.82, 2.24) is 19.5 Å². The molecule has 4 heterocycles. The van der Waals surface area contributed by atoms with Crippen LogP contribution in [0.25, 0.3) is 116 Å². The van der Waals surface area contributed by atoms with E-state index in [0.29, 0.717) is 5.82 Å². The second-order valence-corrected chi connectivity index (χ2v) is 14.7. The van der Waals surface area contributed by atoms with Gasteiger partial charge in [-0.15, -0.1) is 0 Å². The Morgan fingerprint density at radius 1 is 0.379 bits per heavy atom. The van der Waals surface area contributed by atoms with Crippen LogP contribution in [-0.2, 0) is 0 Å². The second kappa shape index (κ2) is 12.8. The zero-order chi connectivity index (χ0) is 38.2. The van der Waals surface area contributed by atoms with Crippen molar-refractivity contribution in [3.63, 3.8) is 0 Å². The predicted molar refractivity (Wildman–Crippen MR) is 238 cm³/mol. The quantitative estimate of drug-likeness (QED) is 0.165. The van der Waals surface area contributed by atoms with Crippen molar-refractivity contribution in [2.24, 2.45) is 0 Å². The minimum atomic E-state index is 0.677. The molecule has 0 aliphatic carbocycles. The van der Waals surface area contributed by atoms with Gasteiger partial charge in [0.15, 0.2) is 5.82 Å². The Kier molecular flexibility index (Phi) is 7.16. The molecule has 0 saturated heterocycles. The fourth-order valence-electron chi connectivity index (χ4n) is 8.74. The van der Waals surface area contributed by atoms with Crippen molar-refractivity contribution in [1.29, 1.82) is 0 Å². The van der Waals surface area contributed by atoms with E-state index in [-0.39, 0.29) is 0 Å². The third-order valence-electron chi connectivity index (χ3n) is 11.4. The molecule has 0 unspecified atom stereocenters. The van der Waals surface area contributed by atoms with E-state index in [2.05, 4.69) is 168 Å². The van der Waals surface area contributed by atoms with Gasteiger partial charge in [-0.2, -0.15) is 0 Å². The zero-order valence-electron chi connectivity index (χ0n) is 31.2. The minimum Gasteiger partial charge on any atom is -0.455 e. The van der Waals surface area contributed by atoms with Gasteiger partial charge in [0.25, 0.3) is 0 Å². The summed E-state index contributed by atoms with van der Waals surface area (Å²) in [7, 11) is 0. The predicted octanol–water partition coefficient (Wildman–Crippen LogP) is 13.8. The van der Waals surface area contributed by atoms with Crippen molar-refractivity contribution in [3.8, 4) is 50.8 Å². The van der Waals surface area contributed by atoms with E-state index in [1.165, 1.54) is 10.8 Å². The molecule has 0 radical (unpaired) electrons. The van der Waals surface area contributed by atoms with Crippen LogP contribution < -0.4 is 0 Å². The summed E-state index contributed by atoms with van der Waals surface area (Å²) in [5.74, 6) is 1.50. The van der Waals surface area contributed by atoms with Gasteiger partial charge >= 0.3 is 0 Å². The number of furan rings is 1. The maximum Gasteiger partial charge on any atom is 0.162 e. The standard InChI is InChI=1S/C53H32N4O/c1-3-14-35(15-4-1)50-43-31-30-41-40-22-13-21-37(51(40)58-52(41)49(43)42-20-7-10-23-44(42)54-50)33-26-28-34(29-27-33)45-32-48(56-53(55-45)36-16-5-2-6-17-36)57-46-24-11-8-18-38(46)39-19-9-12-25-47(39)57/h1-32H. The molecule has 0 spiro atoms. The van der Waals surface area contributed by atoms with E-state index in [0.717, 1.165) is 99.7 Å². The van der Waals surface area contributed by atoms with E-state index in [1.807, 2.05) is 30.3 Å². The lowest BCUT2D eigenvalue weighted by Crippen LogP contribution is -2.02. The summed E-state index contributed by atoms with van der Waals surface area (Å²) < 4.78 is 9.26. The van der Waals surface area contributed by atoms with Gasteiger partial charge in [0.2, 0.25) is 0 Å². The second-order valence-electron chi connectivity index (χ2n) is 14.7. The summed E-state index contributed by atoms with van der Waals surface area (Å²) in [6.45, 7) is 0. The average Bonchev–Trinajstić information content (AvgIpc) is 3.85. The maximum atomic E-state index is 7.01. The van der Waals surface area contributed by atoms with Crippen molar-refractivity contribution in [2.75, 3.05) is 0 Å². The van der Waals surface area contributed by atoms with Crippen LogP contribution in [0.4, 0.5) is 0 Å². The molecule has 0 fully saturated rings. The Hall–Kier alpha value is -7.89. The van der Waals surface area contributed by atoms with Crippen molar-refractivity contribution in [2.45, 2.75) is 0 Å². The molecule has 4 aromatic heterocycles. The van der Waals surface area contributed by atoms with Gasteiger partial charge in [-0.05, 0) is 29.8 Å². The summed E-state index contributed by atoms with van der Waals surface area (Å²) >= 11 is 0. The number of para-hydroxylation sites is 4. The van der Waals surface area contributed by atoms with Gasteiger partial charge < -0.3 is 4.42 Å². The molecule has 0 bridgehead atoms. The first kappa shape index (κ1) is 32.4. The maximum absolute atomic E-state index is 7.01. The molecule has 0 N–H and O–H groups in total. The van der Waals surface area contributed by atoms with Gasteiger partial charge in [-0.1, -0.05) is 164 Å². The topological polar surface area (TPSA) is 56.7 Å². The Labute approximate surface area is 333 Å². The van der Waals surface area contributed by atoms with E-state index < -0.39 is 0 Å². The molecular weight excluding hydrogens is 709 g/mol. The molecule has 0 amide bonds. The smallest absolute Gasteiger partial charge is 0.162 e. The number of aromatic nitrogens is 4. The molecule has 12 aromatic rings. The Balaban J connectivity index is 1.02. The highest BCUT2D eigenvalue weighted by atomic mass is 16.3. The van der Waals surface area contributed by atoms with Crippen LogP contribution in [0.15, 0.2) is 199 Å². The van der Waals surface area contributed by atoms with Crippen LogP contribution in [0.2, 0.25) is 0 Å². The summed E-state index contributed by atoms with van der Waals surface area (Å²) in [5.41, 5.74) is 11.8. The van der Waals surface area contributed by atoms with E-state index in [9.17, 15) is 0 Å². The number of hydrogen-bond donors (Lipinski definition) is 0. The summed E-state index contributed by atoms with van der Waals surface area (Å²) in [5, 5.41) is 7.78. The SMILES string of the molecule is c1ccc(-c2nc(-c3ccc(-c4cccc5c4oc4c5ccc5c(-c6ccccc6)nc6ccccc6c54)cc3)cc(-n3c4ccccc4c4ccccc43)n2)cc1. The van der Waals surface area contributed by atoms with Gasteiger partial charge in [-0.3, -0.25) is 4.57 Å². The van der Waals surface area contributed by atoms with Crippen LogP contribution in [-0.4, -0.2) is 19.5 Å². The number of hydrogen-bond acceptors (Lipinski definition) is 4. The molecule has 12 rings (SSSR count). The third kappa shape index (κ3) is 5.00. The highest BCUT2D eigenvalue weighted by Crippen LogP contribution is 2.43. The Morgan fingerprint density at radius 3 is 1.71 bits per heavy atom. The van der Waals surface area contributed by atoms with Crippen LogP contribution in [0.3, 0.4) is 0 Å². The number of pyridine rings is 1. The number of nitrogens with zero attached hydrogens (tertiary/aromatic N) is 4. The third-order valence-corrected chi connectivity index (χ3v) is 11.4. The van der Waals surface area contributed by atoms with Gasteiger partial charge in [0.1, 0.15) is 17.0 Å². The monoisotopic (exact) mass is 740 g/mol. The molecule has 5 heteroatoms. The van der Waals surface area contributed by atoms with E-state index >= 15 is 0 Å². The number of fused-ring (bicyclic) bond motifs is 10. The molecule has 0 saturated carbocycles.